The quantitative estimate of drug-likeness (QED) is 0.896. The lowest BCUT2D eigenvalue weighted by molar-refractivity contribution is 0.249. The molecule has 2 aromatic heterocycles. The van der Waals surface area contributed by atoms with Crippen molar-refractivity contribution in [1.29, 1.82) is 0 Å². The second-order valence-corrected chi connectivity index (χ2v) is 4.73. The molecule has 2 heterocycles. The Bertz CT molecular complexity index is 549. The van der Waals surface area contributed by atoms with Crippen LogP contribution in [0.2, 0.25) is 0 Å². The molecule has 0 saturated heterocycles. The van der Waals surface area contributed by atoms with Crippen molar-refractivity contribution in [3.8, 4) is 5.75 Å². The van der Waals surface area contributed by atoms with Crippen LogP contribution in [0.1, 0.15) is 37.0 Å². The van der Waals surface area contributed by atoms with Crippen molar-refractivity contribution in [3.05, 3.63) is 41.7 Å². The SMILES string of the molecule is Cc1ccc(OCc2cncn2C(C)C)c(CO)n1. The van der Waals surface area contributed by atoms with Gasteiger partial charge in [0.25, 0.3) is 0 Å². The number of nitrogens with zero attached hydrogens (tertiary/aromatic N) is 3. The van der Waals surface area contributed by atoms with Crippen LogP contribution in [0.3, 0.4) is 0 Å². The minimum Gasteiger partial charge on any atom is -0.485 e. The summed E-state index contributed by atoms with van der Waals surface area (Å²) in [4.78, 5) is 8.38. The molecule has 2 rings (SSSR count). The molecule has 2 aromatic rings. The number of hydrogen-bond acceptors (Lipinski definition) is 4. The van der Waals surface area contributed by atoms with Crippen LogP contribution in [0.5, 0.6) is 5.75 Å². The monoisotopic (exact) mass is 261 g/mol. The standard InChI is InChI=1S/C14H19N3O2/c1-10(2)17-9-15-6-12(17)8-19-14-5-4-11(3)16-13(14)7-18/h4-6,9-10,18H,7-8H2,1-3H3. The Kier molecular flexibility index (Phi) is 4.16. The van der Waals surface area contributed by atoms with E-state index in [1.54, 1.807) is 12.5 Å². The summed E-state index contributed by atoms with van der Waals surface area (Å²) in [7, 11) is 0. The highest BCUT2D eigenvalue weighted by molar-refractivity contribution is 5.28. The van der Waals surface area contributed by atoms with Crippen molar-refractivity contribution in [1.82, 2.24) is 14.5 Å². The average molecular weight is 261 g/mol. The Balaban J connectivity index is 2.12. The molecule has 5 nitrogen and oxygen atoms in total. The number of rotatable bonds is 5. The third kappa shape index (κ3) is 3.12. The summed E-state index contributed by atoms with van der Waals surface area (Å²) in [5.41, 5.74) is 2.43. The number of aromatic nitrogens is 3. The number of hydrogen-bond donors (Lipinski definition) is 1. The van der Waals surface area contributed by atoms with Gasteiger partial charge < -0.3 is 14.4 Å². The van der Waals surface area contributed by atoms with Gasteiger partial charge in [0.1, 0.15) is 18.1 Å². The summed E-state index contributed by atoms with van der Waals surface area (Å²) >= 11 is 0. The van der Waals surface area contributed by atoms with Crippen molar-refractivity contribution in [3.63, 3.8) is 0 Å². The molecule has 5 heteroatoms. The maximum Gasteiger partial charge on any atom is 0.143 e. The van der Waals surface area contributed by atoms with Gasteiger partial charge in [-0.15, -0.1) is 0 Å². The number of aliphatic hydroxyl groups excluding tert-OH is 1. The largest absolute Gasteiger partial charge is 0.485 e. The molecule has 0 aliphatic heterocycles. The van der Waals surface area contributed by atoms with Crippen LogP contribution in [-0.4, -0.2) is 19.6 Å². The van der Waals surface area contributed by atoms with Crippen molar-refractivity contribution < 1.29 is 9.84 Å². The van der Waals surface area contributed by atoms with Gasteiger partial charge in [0, 0.05) is 11.7 Å². The van der Waals surface area contributed by atoms with Crippen molar-refractivity contribution >= 4 is 0 Å². The highest BCUT2D eigenvalue weighted by atomic mass is 16.5. The molecule has 0 aliphatic rings. The van der Waals surface area contributed by atoms with Gasteiger partial charge in [0.2, 0.25) is 0 Å². The summed E-state index contributed by atoms with van der Waals surface area (Å²) in [6, 6.07) is 4.05. The minimum absolute atomic E-state index is 0.125. The number of ether oxygens (including phenoxy) is 1. The first kappa shape index (κ1) is 13.5. The van der Waals surface area contributed by atoms with Crippen LogP contribution in [0.25, 0.3) is 0 Å². The lowest BCUT2D eigenvalue weighted by Gasteiger charge is -2.14. The van der Waals surface area contributed by atoms with E-state index in [1.165, 1.54) is 0 Å². The average Bonchev–Trinajstić information content (AvgIpc) is 2.85. The Morgan fingerprint density at radius 1 is 1.37 bits per heavy atom. The molecule has 0 atom stereocenters. The maximum absolute atomic E-state index is 9.28. The van der Waals surface area contributed by atoms with Crippen molar-refractivity contribution in [2.45, 2.75) is 40.0 Å². The van der Waals surface area contributed by atoms with E-state index in [1.807, 2.05) is 19.1 Å². The lowest BCUT2D eigenvalue weighted by Crippen LogP contribution is -2.08. The van der Waals surface area contributed by atoms with Crippen LogP contribution in [0.15, 0.2) is 24.7 Å². The zero-order valence-corrected chi connectivity index (χ0v) is 11.5. The predicted octanol–water partition coefficient (Wildman–Crippen LogP) is 2.24. The van der Waals surface area contributed by atoms with Crippen molar-refractivity contribution in [2.75, 3.05) is 0 Å². The maximum atomic E-state index is 9.28. The second kappa shape index (κ2) is 5.84. The van der Waals surface area contributed by atoms with E-state index in [2.05, 4.69) is 28.4 Å². The van der Waals surface area contributed by atoms with E-state index in [4.69, 9.17) is 4.74 Å². The van der Waals surface area contributed by atoms with Crippen LogP contribution < -0.4 is 4.74 Å². The molecule has 0 aromatic carbocycles. The van der Waals surface area contributed by atoms with E-state index >= 15 is 0 Å². The molecule has 0 spiro atoms. The van der Waals surface area contributed by atoms with E-state index in [9.17, 15) is 5.11 Å². The van der Waals surface area contributed by atoms with E-state index in [0.29, 0.717) is 24.1 Å². The lowest BCUT2D eigenvalue weighted by atomic mass is 10.3. The molecule has 0 saturated carbocycles. The van der Waals surface area contributed by atoms with Crippen LogP contribution >= 0.6 is 0 Å². The summed E-state index contributed by atoms with van der Waals surface area (Å²) in [6.45, 7) is 6.36. The van der Waals surface area contributed by atoms with E-state index in [0.717, 1.165) is 11.4 Å². The van der Waals surface area contributed by atoms with Gasteiger partial charge in [-0.2, -0.15) is 0 Å². The highest BCUT2D eigenvalue weighted by Gasteiger charge is 2.09. The van der Waals surface area contributed by atoms with Gasteiger partial charge in [-0.1, -0.05) is 0 Å². The molecule has 0 radical (unpaired) electrons. The molecular formula is C14H19N3O2. The van der Waals surface area contributed by atoms with Crippen LogP contribution in [0.4, 0.5) is 0 Å². The number of pyridine rings is 1. The molecule has 0 amide bonds. The first-order chi connectivity index (χ1) is 9.11. The fourth-order valence-electron chi connectivity index (χ4n) is 1.90. The zero-order valence-electron chi connectivity index (χ0n) is 11.5. The summed E-state index contributed by atoms with van der Waals surface area (Å²) in [6.07, 6.45) is 3.59. The molecule has 0 unspecified atom stereocenters. The number of imidazole rings is 1. The molecule has 102 valence electrons. The molecule has 0 fully saturated rings. The smallest absolute Gasteiger partial charge is 0.143 e. The molecule has 19 heavy (non-hydrogen) atoms. The summed E-state index contributed by atoms with van der Waals surface area (Å²) in [5.74, 6) is 0.615. The van der Waals surface area contributed by atoms with Gasteiger partial charge in [0.15, 0.2) is 0 Å². The Morgan fingerprint density at radius 3 is 2.84 bits per heavy atom. The minimum atomic E-state index is -0.125. The van der Waals surface area contributed by atoms with Crippen LogP contribution in [0, 0.1) is 6.92 Å². The Morgan fingerprint density at radius 2 is 2.16 bits per heavy atom. The third-order valence-corrected chi connectivity index (χ3v) is 2.90. The Hall–Kier alpha value is -1.88. The Labute approximate surface area is 112 Å². The van der Waals surface area contributed by atoms with Gasteiger partial charge in [0.05, 0.1) is 24.8 Å². The molecule has 0 aliphatic carbocycles. The fraction of sp³-hybridized carbons (Fsp3) is 0.429. The van der Waals surface area contributed by atoms with Gasteiger partial charge >= 0.3 is 0 Å². The second-order valence-electron chi connectivity index (χ2n) is 4.73. The van der Waals surface area contributed by atoms with Gasteiger partial charge in [-0.25, -0.2) is 4.98 Å². The van der Waals surface area contributed by atoms with E-state index in [-0.39, 0.29) is 6.61 Å². The molecular weight excluding hydrogens is 242 g/mol. The van der Waals surface area contributed by atoms with E-state index < -0.39 is 0 Å². The predicted molar refractivity (Wildman–Crippen MR) is 71.8 cm³/mol. The van der Waals surface area contributed by atoms with Gasteiger partial charge in [-0.3, -0.25) is 4.98 Å². The summed E-state index contributed by atoms with van der Waals surface area (Å²) < 4.78 is 7.79. The number of aryl methyl sites for hydroxylation is 1. The topological polar surface area (TPSA) is 60.2 Å². The fourth-order valence-corrected chi connectivity index (χ4v) is 1.90. The van der Waals surface area contributed by atoms with Crippen LogP contribution in [-0.2, 0) is 13.2 Å². The summed E-state index contributed by atoms with van der Waals surface area (Å²) in [5, 5.41) is 9.28. The molecule has 0 bridgehead atoms. The number of aliphatic hydroxyl groups is 1. The third-order valence-electron chi connectivity index (χ3n) is 2.90. The first-order valence-corrected chi connectivity index (χ1v) is 6.32. The van der Waals surface area contributed by atoms with Crippen molar-refractivity contribution in [2.24, 2.45) is 0 Å². The normalized spacial score (nSPS) is 11.0. The first-order valence-electron chi connectivity index (χ1n) is 6.32. The van der Waals surface area contributed by atoms with Gasteiger partial charge in [-0.05, 0) is 32.9 Å². The zero-order chi connectivity index (χ0) is 13.8. The molecule has 1 N–H and O–H groups in total. The highest BCUT2D eigenvalue weighted by Crippen LogP contribution is 2.19.